The van der Waals surface area contributed by atoms with Crippen LogP contribution in [-0.2, 0) is 15.2 Å². The lowest BCUT2D eigenvalue weighted by molar-refractivity contribution is 0.249. The summed E-state index contributed by atoms with van der Waals surface area (Å²) in [7, 11) is -2.72. The van der Waals surface area contributed by atoms with Crippen LogP contribution in [0.15, 0.2) is 0 Å². The number of rotatable bonds is 9. The Morgan fingerprint density at radius 3 is 2.07 bits per heavy atom. The van der Waals surface area contributed by atoms with E-state index in [-0.39, 0.29) is 6.61 Å². The van der Waals surface area contributed by atoms with Crippen molar-refractivity contribution in [3.8, 4) is 0 Å². The predicted molar refractivity (Wildman–Crippen MR) is 55.4 cm³/mol. The Labute approximate surface area is 86.3 Å². The summed E-state index contributed by atoms with van der Waals surface area (Å²) in [5.41, 5.74) is 10.8. The fourth-order valence-electron chi connectivity index (χ4n) is 1.13. The third-order valence-electron chi connectivity index (χ3n) is 1.71. The van der Waals surface area contributed by atoms with Gasteiger partial charge in [0.05, 0.1) is 6.61 Å². The molecule has 0 aliphatic rings. The van der Waals surface area contributed by atoms with Crippen molar-refractivity contribution in [2.75, 3.05) is 39.3 Å². The Morgan fingerprint density at radius 1 is 1.07 bits per heavy atom. The molecule has 0 atom stereocenters. The second kappa shape index (κ2) is 9.35. The molecule has 0 saturated carbocycles. The Kier molecular flexibility index (Phi) is 9.21. The van der Waals surface area contributed by atoms with Gasteiger partial charge >= 0.3 is 0 Å². The Balaban J connectivity index is 3.49. The van der Waals surface area contributed by atoms with Crippen molar-refractivity contribution in [3.05, 3.63) is 0 Å². The van der Waals surface area contributed by atoms with Gasteiger partial charge in [-0.05, 0) is 6.42 Å². The predicted octanol–water partition coefficient (Wildman–Crippen LogP) is -1.86. The number of hydrogen-bond donors (Lipinski definition) is 3. The van der Waals surface area contributed by atoms with Crippen LogP contribution < -0.4 is 11.5 Å². The second-order valence-electron chi connectivity index (χ2n) is 2.83. The summed E-state index contributed by atoms with van der Waals surface area (Å²) in [6.07, 6.45) is 0.670. The van der Waals surface area contributed by atoms with Gasteiger partial charge in [0.2, 0.25) is 0 Å². The summed E-state index contributed by atoms with van der Waals surface area (Å²) in [6.45, 7) is 3.71. The first-order valence-electron chi connectivity index (χ1n) is 4.60. The van der Waals surface area contributed by atoms with Crippen LogP contribution in [0.5, 0.6) is 0 Å². The first-order chi connectivity index (χ1) is 6.70. The Bertz CT molecular complexity index is 185. The maximum Gasteiger partial charge on any atom is 0.257 e. The first-order valence-corrected chi connectivity index (χ1v) is 5.70. The number of nitrogens with two attached hydrogens (primary N) is 2. The lowest BCUT2D eigenvalue weighted by Gasteiger charge is -2.19. The maximum atomic E-state index is 10.1. The van der Waals surface area contributed by atoms with Crippen LogP contribution in [0, 0.1) is 0 Å². The minimum Gasteiger partial charge on any atom is -0.329 e. The van der Waals surface area contributed by atoms with Gasteiger partial charge < -0.3 is 16.4 Å². The molecule has 0 rings (SSSR count). The van der Waals surface area contributed by atoms with Crippen LogP contribution in [0.3, 0.4) is 0 Å². The minimum absolute atomic E-state index is 0.227. The van der Waals surface area contributed by atoms with E-state index in [1.54, 1.807) is 0 Å². The SMILES string of the molecule is NCCN(CCN)CCCO[SH](=O)=O. The van der Waals surface area contributed by atoms with Crippen LogP contribution in [0.1, 0.15) is 6.42 Å². The number of nitrogens with zero attached hydrogens (tertiary/aromatic N) is 1. The van der Waals surface area contributed by atoms with Gasteiger partial charge in [0, 0.05) is 32.7 Å². The van der Waals surface area contributed by atoms with Crippen molar-refractivity contribution in [2.24, 2.45) is 11.5 Å². The van der Waals surface area contributed by atoms with Gasteiger partial charge in [-0.15, -0.1) is 0 Å². The van der Waals surface area contributed by atoms with E-state index in [2.05, 4.69) is 9.08 Å². The van der Waals surface area contributed by atoms with Gasteiger partial charge in [0.1, 0.15) is 0 Å². The standard InChI is InChI=1S/C7H19N3O3S/c8-2-5-10(6-3-9)4-1-7-13-14(11)12/h14H,1-9H2. The average molecular weight is 225 g/mol. The molecule has 0 fully saturated rings. The molecule has 14 heavy (non-hydrogen) atoms. The van der Waals surface area contributed by atoms with Crippen molar-refractivity contribution in [1.29, 1.82) is 0 Å². The molecule has 0 amide bonds. The van der Waals surface area contributed by atoms with Gasteiger partial charge in [-0.3, -0.25) is 4.18 Å². The van der Waals surface area contributed by atoms with Crippen LogP contribution in [0.25, 0.3) is 0 Å². The zero-order valence-electron chi connectivity index (χ0n) is 8.22. The topological polar surface area (TPSA) is 98.7 Å². The molecule has 0 radical (unpaired) electrons. The fraction of sp³-hybridized carbons (Fsp3) is 1.00. The lowest BCUT2D eigenvalue weighted by atomic mass is 10.3. The third kappa shape index (κ3) is 8.39. The lowest BCUT2D eigenvalue weighted by Crippen LogP contribution is -2.35. The highest BCUT2D eigenvalue weighted by Gasteiger charge is 2.01. The summed E-state index contributed by atoms with van der Waals surface area (Å²) >= 11 is 0. The molecule has 6 nitrogen and oxygen atoms in total. The molecular weight excluding hydrogens is 206 g/mol. The molecule has 86 valence electrons. The van der Waals surface area contributed by atoms with Crippen molar-refractivity contribution in [1.82, 2.24) is 4.90 Å². The van der Waals surface area contributed by atoms with Crippen LogP contribution in [-0.4, -0.2) is 52.6 Å². The van der Waals surface area contributed by atoms with Crippen molar-refractivity contribution in [3.63, 3.8) is 0 Å². The summed E-state index contributed by atoms with van der Waals surface area (Å²) in [5.74, 6) is 0. The summed E-state index contributed by atoms with van der Waals surface area (Å²) in [4.78, 5) is 2.08. The van der Waals surface area contributed by atoms with Gasteiger partial charge in [0.25, 0.3) is 11.0 Å². The van der Waals surface area contributed by atoms with Gasteiger partial charge in [-0.2, -0.15) is 0 Å². The van der Waals surface area contributed by atoms with E-state index in [9.17, 15) is 8.42 Å². The average Bonchev–Trinajstić information content (AvgIpc) is 2.12. The smallest absolute Gasteiger partial charge is 0.257 e. The monoisotopic (exact) mass is 225 g/mol. The molecule has 7 heteroatoms. The van der Waals surface area contributed by atoms with Crippen molar-refractivity contribution in [2.45, 2.75) is 6.42 Å². The Morgan fingerprint density at radius 2 is 1.64 bits per heavy atom. The molecule has 0 saturated heterocycles. The van der Waals surface area contributed by atoms with E-state index in [4.69, 9.17) is 11.5 Å². The second-order valence-corrected chi connectivity index (χ2v) is 3.53. The molecule has 0 spiro atoms. The normalized spacial score (nSPS) is 11.4. The maximum absolute atomic E-state index is 10.1. The molecule has 4 N–H and O–H groups in total. The largest absolute Gasteiger partial charge is 0.329 e. The van der Waals surface area contributed by atoms with Crippen LogP contribution in [0.4, 0.5) is 0 Å². The fourth-order valence-corrected chi connectivity index (χ4v) is 1.41. The molecule has 0 aliphatic carbocycles. The van der Waals surface area contributed by atoms with Crippen molar-refractivity contribution < 1.29 is 12.6 Å². The van der Waals surface area contributed by atoms with E-state index in [0.717, 1.165) is 19.6 Å². The summed E-state index contributed by atoms with van der Waals surface area (Å²) < 4.78 is 24.5. The minimum atomic E-state index is -2.72. The van der Waals surface area contributed by atoms with E-state index >= 15 is 0 Å². The van der Waals surface area contributed by atoms with Gasteiger partial charge in [-0.1, -0.05) is 0 Å². The number of thiol groups is 1. The Hall–Kier alpha value is -0.210. The first kappa shape index (κ1) is 13.8. The molecule has 0 aliphatic heterocycles. The molecular formula is C7H19N3O3S. The van der Waals surface area contributed by atoms with Gasteiger partial charge in [0.15, 0.2) is 0 Å². The number of hydrogen-bond acceptors (Lipinski definition) is 6. The molecule has 0 bridgehead atoms. The van der Waals surface area contributed by atoms with Crippen LogP contribution in [0.2, 0.25) is 0 Å². The molecule has 0 aromatic heterocycles. The van der Waals surface area contributed by atoms with Crippen LogP contribution >= 0.6 is 0 Å². The highest BCUT2D eigenvalue weighted by Crippen LogP contribution is 1.91. The van der Waals surface area contributed by atoms with E-state index in [1.165, 1.54) is 0 Å². The van der Waals surface area contributed by atoms with Gasteiger partial charge in [-0.25, -0.2) is 8.42 Å². The zero-order valence-corrected chi connectivity index (χ0v) is 9.12. The van der Waals surface area contributed by atoms with E-state index in [1.807, 2.05) is 0 Å². The van der Waals surface area contributed by atoms with E-state index < -0.39 is 11.0 Å². The molecule has 0 heterocycles. The molecule has 0 unspecified atom stereocenters. The third-order valence-corrected chi connectivity index (χ3v) is 2.10. The summed E-state index contributed by atoms with van der Waals surface area (Å²) in [6, 6.07) is 0. The highest BCUT2D eigenvalue weighted by atomic mass is 32.2. The van der Waals surface area contributed by atoms with E-state index in [0.29, 0.717) is 19.5 Å². The molecule has 0 aromatic carbocycles. The molecule has 0 aromatic rings. The zero-order chi connectivity index (χ0) is 10.8. The van der Waals surface area contributed by atoms with Crippen molar-refractivity contribution >= 4 is 11.0 Å². The highest BCUT2D eigenvalue weighted by molar-refractivity contribution is 7.67. The summed E-state index contributed by atoms with van der Waals surface area (Å²) in [5, 5.41) is 0. The quantitative estimate of drug-likeness (QED) is 0.314.